The van der Waals surface area contributed by atoms with E-state index in [2.05, 4.69) is 20.0 Å². The van der Waals surface area contributed by atoms with Gasteiger partial charge < -0.3 is 0 Å². The zero-order chi connectivity index (χ0) is 15.7. The van der Waals surface area contributed by atoms with Crippen LogP contribution in [0.3, 0.4) is 0 Å². The van der Waals surface area contributed by atoms with Crippen molar-refractivity contribution >= 4 is 0 Å². The van der Waals surface area contributed by atoms with Gasteiger partial charge in [0.2, 0.25) is 5.82 Å². The second-order valence-electron chi connectivity index (χ2n) is 5.26. The molecular formula is C14H16F3N5. The second-order valence-corrected chi connectivity index (χ2v) is 5.26. The quantitative estimate of drug-likeness (QED) is 0.872. The first kappa shape index (κ1) is 15.0. The first-order valence-electron chi connectivity index (χ1n) is 7.12. The van der Waals surface area contributed by atoms with E-state index < -0.39 is 12.0 Å². The van der Waals surface area contributed by atoms with E-state index in [9.17, 15) is 13.2 Å². The zero-order valence-electron chi connectivity index (χ0n) is 12.1. The first-order chi connectivity index (χ1) is 10.5. The van der Waals surface area contributed by atoms with Crippen LogP contribution in [0.1, 0.15) is 29.7 Å². The minimum Gasteiger partial charge on any atom is -0.293 e. The molecule has 0 bridgehead atoms. The maximum atomic E-state index is 12.6. The normalized spacial score (nSPS) is 15.8. The third-order valence-corrected chi connectivity index (χ3v) is 3.76. The molecule has 0 aromatic carbocycles. The van der Waals surface area contributed by atoms with E-state index in [1.54, 1.807) is 6.20 Å². The fourth-order valence-electron chi connectivity index (χ4n) is 2.65. The van der Waals surface area contributed by atoms with Gasteiger partial charge in [0.1, 0.15) is 0 Å². The van der Waals surface area contributed by atoms with Gasteiger partial charge in [-0.25, -0.2) is 9.97 Å². The number of aromatic nitrogens is 4. The van der Waals surface area contributed by atoms with Crippen LogP contribution in [0.15, 0.2) is 18.5 Å². The molecule has 2 aromatic heterocycles. The van der Waals surface area contributed by atoms with Crippen molar-refractivity contribution in [3.8, 4) is 0 Å². The predicted octanol–water partition coefficient (Wildman–Crippen LogP) is 2.27. The Balaban J connectivity index is 1.74. The Morgan fingerprint density at radius 1 is 1.32 bits per heavy atom. The minimum absolute atomic E-state index is 0.501. The van der Waals surface area contributed by atoms with Crippen LogP contribution >= 0.6 is 0 Å². The van der Waals surface area contributed by atoms with Crippen LogP contribution in [-0.4, -0.2) is 31.2 Å². The summed E-state index contributed by atoms with van der Waals surface area (Å²) < 4.78 is 39.8. The first-order valence-corrected chi connectivity index (χ1v) is 7.12. The van der Waals surface area contributed by atoms with Gasteiger partial charge in [0.15, 0.2) is 0 Å². The summed E-state index contributed by atoms with van der Waals surface area (Å²) in [6.07, 6.45) is -0.926. The van der Waals surface area contributed by atoms with Crippen molar-refractivity contribution in [1.29, 1.82) is 0 Å². The number of alkyl halides is 3. The Kier molecular flexibility index (Phi) is 3.86. The molecule has 0 spiro atoms. The molecule has 3 heterocycles. The highest BCUT2D eigenvalue weighted by Crippen LogP contribution is 2.27. The molecule has 1 aliphatic heterocycles. The van der Waals surface area contributed by atoms with Crippen LogP contribution in [-0.2, 0) is 32.2 Å². The zero-order valence-corrected chi connectivity index (χ0v) is 12.1. The molecule has 118 valence electrons. The molecule has 0 saturated carbocycles. The molecule has 22 heavy (non-hydrogen) atoms. The molecular weight excluding hydrogens is 295 g/mol. The average molecular weight is 311 g/mol. The Labute approximate surface area is 125 Å². The molecule has 1 aliphatic rings. The molecule has 0 amide bonds. The van der Waals surface area contributed by atoms with Crippen LogP contribution < -0.4 is 0 Å². The van der Waals surface area contributed by atoms with E-state index in [1.807, 2.05) is 17.7 Å². The summed E-state index contributed by atoms with van der Waals surface area (Å²) in [5.41, 5.74) is 2.36. The highest BCUT2D eigenvalue weighted by molar-refractivity contribution is 5.21. The van der Waals surface area contributed by atoms with Crippen molar-refractivity contribution in [3.63, 3.8) is 0 Å². The number of hydrogen-bond acceptors (Lipinski definition) is 4. The van der Waals surface area contributed by atoms with Crippen LogP contribution in [0.2, 0.25) is 0 Å². The van der Waals surface area contributed by atoms with E-state index in [0.717, 1.165) is 17.8 Å². The Hall–Kier alpha value is -1.96. The maximum absolute atomic E-state index is 12.6. The summed E-state index contributed by atoms with van der Waals surface area (Å²) in [5.74, 6) is -1.05. The predicted molar refractivity (Wildman–Crippen MR) is 72.8 cm³/mol. The molecule has 5 nitrogen and oxygen atoms in total. The van der Waals surface area contributed by atoms with Gasteiger partial charge in [-0.3, -0.25) is 9.58 Å². The van der Waals surface area contributed by atoms with Crippen molar-refractivity contribution in [2.45, 2.75) is 39.2 Å². The molecule has 0 fully saturated rings. The van der Waals surface area contributed by atoms with E-state index in [4.69, 9.17) is 0 Å². The maximum Gasteiger partial charge on any atom is 0.451 e. The molecule has 2 aromatic rings. The third kappa shape index (κ3) is 2.96. The van der Waals surface area contributed by atoms with Crippen molar-refractivity contribution in [2.75, 3.05) is 6.54 Å². The summed E-state index contributed by atoms with van der Waals surface area (Å²) >= 11 is 0. The summed E-state index contributed by atoms with van der Waals surface area (Å²) in [6, 6.07) is 1.96. The van der Waals surface area contributed by atoms with Gasteiger partial charge in [-0.1, -0.05) is 0 Å². The molecule has 8 heteroatoms. The topological polar surface area (TPSA) is 46.8 Å². The molecule has 0 unspecified atom stereocenters. The monoisotopic (exact) mass is 311 g/mol. The van der Waals surface area contributed by atoms with Crippen molar-refractivity contribution in [1.82, 2.24) is 24.6 Å². The fourth-order valence-corrected chi connectivity index (χ4v) is 2.65. The van der Waals surface area contributed by atoms with E-state index >= 15 is 0 Å². The molecule has 0 N–H and O–H groups in total. The van der Waals surface area contributed by atoms with Gasteiger partial charge >= 0.3 is 6.18 Å². The molecule has 0 aliphatic carbocycles. The second kappa shape index (κ2) is 5.68. The van der Waals surface area contributed by atoms with E-state index in [0.29, 0.717) is 31.7 Å². The molecule has 0 radical (unpaired) electrons. The number of aryl methyl sites for hydroxylation is 1. The SMILES string of the molecule is CCn1nccc1CN1CCc2nc(C(F)(F)F)ncc2C1. The van der Waals surface area contributed by atoms with Gasteiger partial charge in [-0.05, 0) is 13.0 Å². The van der Waals surface area contributed by atoms with Crippen LogP contribution in [0, 0.1) is 0 Å². The molecule has 0 atom stereocenters. The summed E-state index contributed by atoms with van der Waals surface area (Å²) in [6.45, 7) is 4.77. The lowest BCUT2D eigenvalue weighted by Crippen LogP contribution is -2.32. The van der Waals surface area contributed by atoms with Gasteiger partial charge in [0.05, 0.1) is 11.4 Å². The Bertz CT molecular complexity index is 665. The third-order valence-electron chi connectivity index (χ3n) is 3.76. The highest BCUT2D eigenvalue weighted by Gasteiger charge is 2.35. The summed E-state index contributed by atoms with van der Waals surface area (Å²) in [4.78, 5) is 9.29. The fraction of sp³-hybridized carbons (Fsp3) is 0.500. The number of nitrogens with zero attached hydrogens (tertiary/aromatic N) is 5. The van der Waals surface area contributed by atoms with E-state index in [-0.39, 0.29) is 0 Å². The number of rotatable bonds is 3. The van der Waals surface area contributed by atoms with Crippen LogP contribution in [0.25, 0.3) is 0 Å². The van der Waals surface area contributed by atoms with Crippen molar-refractivity contribution < 1.29 is 13.2 Å². The number of hydrogen-bond donors (Lipinski definition) is 0. The van der Waals surface area contributed by atoms with Gasteiger partial charge in [0, 0.05) is 50.6 Å². The van der Waals surface area contributed by atoms with Crippen molar-refractivity contribution in [2.24, 2.45) is 0 Å². The smallest absolute Gasteiger partial charge is 0.293 e. The lowest BCUT2D eigenvalue weighted by atomic mass is 10.1. The lowest BCUT2D eigenvalue weighted by molar-refractivity contribution is -0.145. The minimum atomic E-state index is -4.49. The Morgan fingerprint density at radius 2 is 2.14 bits per heavy atom. The highest BCUT2D eigenvalue weighted by atomic mass is 19.4. The van der Waals surface area contributed by atoms with Gasteiger partial charge in [0.25, 0.3) is 0 Å². The standard InChI is InChI=1S/C14H16F3N5/c1-2-22-11(3-5-19-22)9-21-6-4-12-10(8-21)7-18-13(20-12)14(15,16)17/h3,5,7H,2,4,6,8-9H2,1H3. The van der Waals surface area contributed by atoms with Gasteiger partial charge in [-0.2, -0.15) is 18.3 Å². The van der Waals surface area contributed by atoms with Crippen molar-refractivity contribution in [3.05, 3.63) is 41.2 Å². The number of halogens is 3. The van der Waals surface area contributed by atoms with Crippen LogP contribution in [0.5, 0.6) is 0 Å². The van der Waals surface area contributed by atoms with Gasteiger partial charge in [-0.15, -0.1) is 0 Å². The van der Waals surface area contributed by atoms with E-state index in [1.165, 1.54) is 6.20 Å². The summed E-state index contributed by atoms with van der Waals surface area (Å²) in [7, 11) is 0. The Morgan fingerprint density at radius 3 is 2.86 bits per heavy atom. The largest absolute Gasteiger partial charge is 0.451 e. The molecule has 3 rings (SSSR count). The average Bonchev–Trinajstić information content (AvgIpc) is 2.93. The number of fused-ring (bicyclic) bond motifs is 1. The van der Waals surface area contributed by atoms with Crippen LogP contribution in [0.4, 0.5) is 13.2 Å². The molecule has 0 saturated heterocycles. The summed E-state index contributed by atoms with van der Waals surface area (Å²) in [5, 5.41) is 4.22. The lowest BCUT2D eigenvalue weighted by Gasteiger charge is -2.28.